The normalized spacial score (nSPS) is 11.8. The van der Waals surface area contributed by atoms with Crippen LogP contribution >= 0.6 is 0 Å². The highest BCUT2D eigenvalue weighted by atomic mass is 16.3. The summed E-state index contributed by atoms with van der Waals surface area (Å²) in [5, 5.41) is 27.2. The highest BCUT2D eigenvalue weighted by Gasteiger charge is 2.24. The fourth-order valence-corrected chi connectivity index (χ4v) is 8.95. The summed E-state index contributed by atoms with van der Waals surface area (Å²) in [6.07, 6.45) is 7.84. The number of fused-ring (bicyclic) bond motifs is 9. The maximum Gasteiger partial charge on any atom is 0.134 e. The lowest BCUT2D eigenvalue weighted by atomic mass is 9.98. The minimum absolute atomic E-state index is 0.381. The number of rotatable bonds is 7. The minimum atomic E-state index is 0.381. The molecule has 0 bridgehead atoms. The molecule has 0 N–H and O–H groups in total. The summed E-state index contributed by atoms with van der Waals surface area (Å²) in [4.78, 5) is 1.93. The van der Waals surface area contributed by atoms with Gasteiger partial charge in [0.1, 0.15) is 23.5 Å². The summed E-state index contributed by atoms with van der Waals surface area (Å²) in [7, 11) is 0. The quantitative estimate of drug-likeness (QED) is 0.119. The van der Waals surface area contributed by atoms with E-state index in [2.05, 4.69) is 106 Å². The summed E-state index contributed by atoms with van der Waals surface area (Å²) in [5.41, 5.74) is 18.3. The van der Waals surface area contributed by atoms with E-state index in [4.69, 9.17) is 4.42 Å². The van der Waals surface area contributed by atoms with Crippen molar-refractivity contribution in [3.05, 3.63) is 209 Å². The van der Waals surface area contributed by atoms with Crippen LogP contribution in [0.1, 0.15) is 33.6 Å². The summed E-state index contributed by atoms with van der Waals surface area (Å²) in [5.74, 6) is 0.791. The molecule has 3 aromatic heterocycles. The van der Waals surface area contributed by atoms with Gasteiger partial charge in [0.2, 0.25) is 0 Å². The second-order valence-electron chi connectivity index (χ2n) is 15.0. The predicted octanol–water partition coefficient (Wildman–Crippen LogP) is 13.4. The van der Waals surface area contributed by atoms with E-state index >= 15 is 0 Å². The molecule has 1 aliphatic carbocycles. The number of hydrogen-bond donors (Lipinski definition) is 0. The van der Waals surface area contributed by atoms with Crippen LogP contribution in [-0.4, -0.2) is 9.13 Å². The zero-order valence-electron chi connectivity index (χ0n) is 32.9. The number of aryl methyl sites for hydroxylation is 1. The van der Waals surface area contributed by atoms with E-state index in [0.29, 0.717) is 28.2 Å². The maximum atomic E-state index is 11.0. The molecule has 0 saturated carbocycles. The van der Waals surface area contributed by atoms with Crippen molar-refractivity contribution < 1.29 is 4.42 Å². The van der Waals surface area contributed by atoms with Gasteiger partial charge in [-0.3, -0.25) is 0 Å². The Labute approximate surface area is 351 Å². The lowest BCUT2D eigenvalue weighted by Crippen LogP contribution is -2.16. The first kappa shape index (κ1) is 35.2. The van der Waals surface area contributed by atoms with Gasteiger partial charge in [0.25, 0.3) is 0 Å². The second kappa shape index (κ2) is 13.9. The van der Waals surface area contributed by atoms with Gasteiger partial charge in [-0.2, -0.15) is 10.5 Å². The average Bonchev–Trinajstić information content (AvgIpc) is 3.94. The van der Waals surface area contributed by atoms with Crippen LogP contribution in [0.4, 0.5) is 11.4 Å². The first-order valence-corrected chi connectivity index (χ1v) is 19.8. The molecule has 7 aromatic carbocycles. The van der Waals surface area contributed by atoms with Crippen molar-refractivity contribution in [2.45, 2.75) is 6.92 Å². The zero-order valence-corrected chi connectivity index (χ0v) is 32.9. The van der Waals surface area contributed by atoms with Gasteiger partial charge in [0, 0.05) is 61.2 Å². The third kappa shape index (κ3) is 5.46. The Morgan fingerprint density at radius 3 is 2.28 bits per heavy atom. The van der Waals surface area contributed by atoms with E-state index in [-0.39, 0.29) is 0 Å². The first-order valence-electron chi connectivity index (χ1n) is 19.8. The third-order valence-corrected chi connectivity index (χ3v) is 11.6. The van der Waals surface area contributed by atoms with Gasteiger partial charge in [0.15, 0.2) is 0 Å². The lowest BCUT2D eigenvalue weighted by molar-refractivity contribution is 0.577. The number of nitrogens with zero attached hydrogens (tertiary/aromatic N) is 5. The number of nitriles is 2. The van der Waals surface area contributed by atoms with Crippen molar-refractivity contribution in [1.82, 2.24) is 9.13 Å². The highest BCUT2D eigenvalue weighted by Crippen LogP contribution is 2.42. The molecule has 0 fully saturated rings. The van der Waals surface area contributed by atoms with E-state index in [1.54, 1.807) is 6.07 Å². The van der Waals surface area contributed by atoms with Gasteiger partial charge in [-0.1, -0.05) is 90.8 Å². The Morgan fingerprint density at radius 1 is 0.689 bits per heavy atom. The molecule has 61 heavy (non-hydrogen) atoms. The molecule has 0 aliphatic heterocycles. The standard InChI is InChI=1S/C55H31N5O/c1-35(24-27-42-36(2)61-54-23-13-10-20-46(42)54)58(40-15-4-3-5-16-40)52-30-39(34-57)53(31-38(52)33-56)60-50-29-26-41(32-47(50)55-43-17-7-6-14-37(43)25-28-51(55)60)59-48-21-11-8-18-44(48)45-19-9-12-22-49(45)59/h3-5,8,10-11,13-32H,1H2,2H3/b27-24-. The van der Waals surface area contributed by atoms with E-state index < -0.39 is 0 Å². The van der Waals surface area contributed by atoms with Crippen molar-refractivity contribution in [3.8, 4) is 23.5 Å². The van der Waals surface area contributed by atoms with Crippen LogP contribution in [0.25, 0.3) is 84.2 Å². The molecular weight excluding hydrogens is 747 g/mol. The molecule has 1 aliphatic rings. The number of aromatic nitrogens is 2. The van der Waals surface area contributed by atoms with Gasteiger partial charge in [-0.15, -0.1) is 0 Å². The van der Waals surface area contributed by atoms with Crippen LogP contribution in [-0.2, 0) is 0 Å². The van der Waals surface area contributed by atoms with Crippen molar-refractivity contribution in [2.75, 3.05) is 4.90 Å². The highest BCUT2D eigenvalue weighted by molar-refractivity contribution is 6.15. The van der Waals surface area contributed by atoms with Crippen molar-refractivity contribution in [2.24, 2.45) is 0 Å². The van der Waals surface area contributed by atoms with Crippen molar-refractivity contribution >= 4 is 84.2 Å². The first-order chi connectivity index (χ1) is 30.0. The van der Waals surface area contributed by atoms with Gasteiger partial charge in [-0.25, -0.2) is 0 Å². The summed E-state index contributed by atoms with van der Waals surface area (Å²) < 4.78 is 10.4. The fraction of sp³-hybridized carbons (Fsp3) is 0.0182. The predicted molar refractivity (Wildman–Crippen MR) is 246 cm³/mol. The Balaban J connectivity index is 1.12. The summed E-state index contributed by atoms with van der Waals surface area (Å²) in [6.45, 7) is 6.44. The van der Waals surface area contributed by atoms with Crippen molar-refractivity contribution in [1.29, 1.82) is 10.5 Å². The molecule has 0 atom stereocenters. The van der Waals surface area contributed by atoms with Gasteiger partial charge >= 0.3 is 0 Å². The van der Waals surface area contributed by atoms with E-state index in [1.807, 2.05) is 109 Å². The van der Waals surface area contributed by atoms with Crippen LogP contribution in [0.2, 0.25) is 0 Å². The number of benzene rings is 6. The molecule has 6 heteroatoms. The van der Waals surface area contributed by atoms with Crippen LogP contribution in [0, 0.1) is 41.7 Å². The van der Waals surface area contributed by atoms with Gasteiger partial charge in [0.05, 0.1) is 44.6 Å². The van der Waals surface area contributed by atoms with E-state index in [9.17, 15) is 10.5 Å². The molecular formula is C55H31N5O. The lowest BCUT2D eigenvalue weighted by Gasteiger charge is -2.27. The average molecular weight is 778 g/mol. The van der Waals surface area contributed by atoms with Crippen LogP contribution in [0.3, 0.4) is 0 Å². The molecule has 3 heterocycles. The summed E-state index contributed by atoms with van der Waals surface area (Å²) in [6, 6.07) is 55.6. The number of hydrogen-bond acceptors (Lipinski definition) is 4. The Morgan fingerprint density at radius 2 is 1.43 bits per heavy atom. The number of furan rings is 1. The maximum absolute atomic E-state index is 11.0. The molecule has 0 unspecified atom stereocenters. The molecule has 0 amide bonds. The molecule has 282 valence electrons. The van der Waals surface area contributed by atoms with Gasteiger partial charge in [-0.05, 0) is 104 Å². The van der Waals surface area contributed by atoms with E-state index in [1.165, 1.54) is 0 Å². The second-order valence-corrected chi connectivity index (χ2v) is 15.0. The molecule has 0 spiro atoms. The fourth-order valence-electron chi connectivity index (χ4n) is 8.95. The van der Waals surface area contributed by atoms with Crippen molar-refractivity contribution in [3.63, 3.8) is 0 Å². The largest absolute Gasteiger partial charge is 0.461 e. The third-order valence-electron chi connectivity index (χ3n) is 11.6. The Hall–Kier alpha value is -8.94. The molecule has 6 nitrogen and oxygen atoms in total. The van der Waals surface area contributed by atoms with Crippen LogP contribution < -0.4 is 4.90 Å². The number of para-hydroxylation sites is 3. The molecule has 0 radical (unpaired) electrons. The zero-order chi connectivity index (χ0) is 41.2. The molecule has 10 aromatic rings. The Bertz CT molecular complexity index is 3680. The van der Waals surface area contributed by atoms with E-state index in [0.717, 1.165) is 88.4 Å². The number of anilines is 2. The van der Waals surface area contributed by atoms with Crippen LogP contribution in [0.15, 0.2) is 168 Å². The van der Waals surface area contributed by atoms with Gasteiger partial charge < -0.3 is 18.5 Å². The monoisotopic (exact) mass is 777 g/mol. The molecule has 0 saturated heterocycles. The molecule has 11 rings (SSSR count). The Kier molecular flexibility index (Phi) is 8.01. The van der Waals surface area contributed by atoms with Crippen LogP contribution in [0.5, 0.6) is 0 Å². The SMILES string of the molecule is C=C(/C=C\c1c(C)oc2ccccc12)N(c1ccccc1)c1cc(C#N)c(-n2c3ccc(-n4c5cc#ccc5c5ccccc54)cc3c3c4c(ccc32)C=C=C=C4)cc1C#N. The topological polar surface area (TPSA) is 73.8 Å². The summed E-state index contributed by atoms with van der Waals surface area (Å²) >= 11 is 0. The smallest absolute Gasteiger partial charge is 0.134 e. The minimum Gasteiger partial charge on any atom is -0.461 e. The number of allylic oxidation sites excluding steroid dienone is 1.